The maximum atomic E-state index is 14.0. The van der Waals surface area contributed by atoms with Crippen molar-refractivity contribution in [2.45, 2.75) is 69.5 Å². The Labute approximate surface area is 242 Å². The van der Waals surface area contributed by atoms with Crippen molar-refractivity contribution in [1.29, 1.82) is 0 Å². The van der Waals surface area contributed by atoms with Crippen LogP contribution in [0.1, 0.15) is 50.2 Å². The van der Waals surface area contributed by atoms with E-state index in [4.69, 9.17) is 11.6 Å². The molecule has 1 atom stereocenters. The standard InChI is InChI=1S/C31H36ClN3O4S/c1-23-17-19-25(20-18-23)21-34(24(2)31(37)33-26-11-5-3-6-12-26)30(36)22-35(29-16-10-9-15-28(29)32)40(38,39)27-13-7-4-8-14-27/h4,7-10,13-20,24,26H,3,5-6,11-12,21-22H2,1-2H3,(H,33,37). The molecule has 0 bridgehead atoms. The number of nitrogens with zero attached hydrogens (tertiary/aromatic N) is 2. The number of rotatable bonds is 10. The molecule has 4 rings (SSSR count). The fourth-order valence-electron chi connectivity index (χ4n) is 4.93. The van der Waals surface area contributed by atoms with E-state index < -0.39 is 28.5 Å². The molecule has 212 valence electrons. The molecule has 0 radical (unpaired) electrons. The zero-order chi connectivity index (χ0) is 28.7. The summed E-state index contributed by atoms with van der Waals surface area (Å²) in [6.45, 7) is 3.30. The number of aryl methyl sites for hydroxylation is 1. The molecule has 1 unspecified atom stereocenters. The molecular weight excluding hydrogens is 546 g/mol. The maximum Gasteiger partial charge on any atom is 0.264 e. The summed E-state index contributed by atoms with van der Waals surface area (Å²) in [5, 5.41) is 3.31. The summed E-state index contributed by atoms with van der Waals surface area (Å²) in [7, 11) is -4.15. The van der Waals surface area contributed by atoms with Crippen molar-refractivity contribution in [2.24, 2.45) is 0 Å². The number of nitrogens with one attached hydrogen (secondary N) is 1. The second-order valence-corrected chi connectivity index (χ2v) is 12.6. The Balaban J connectivity index is 1.67. The maximum absolute atomic E-state index is 14.0. The van der Waals surface area contributed by atoms with Gasteiger partial charge in [-0.05, 0) is 56.5 Å². The van der Waals surface area contributed by atoms with Crippen LogP contribution < -0.4 is 9.62 Å². The van der Waals surface area contributed by atoms with Gasteiger partial charge in [0.05, 0.1) is 15.6 Å². The number of halogens is 1. The third-order valence-electron chi connectivity index (χ3n) is 7.32. The van der Waals surface area contributed by atoms with Crippen LogP contribution in [-0.4, -0.2) is 43.8 Å². The number of amides is 2. The van der Waals surface area contributed by atoms with Gasteiger partial charge in [0.1, 0.15) is 12.6 Å². The molecule has 0 heterocycles. The van der Waals surface area contributed by atoms with Crippen LogP contribution in [0, 0.1) is 6.92 Å². The highest BCUT2D eigenvalue weighted by Gasteiger charge is 2.33. The Morgan fingerprint density at radius 1 is 0.925 bits per heavy atom. The van der Waals surface area contributed by atoms with Crippen molar-refractivity contribution in [2.75, 3.05) is 10.8 Å². The van der Waals surface area contributed by atoms with Gasteiger partial charge in [-0.1, -0.05) is 91.0 Å². The van der Waals surface area contributed by atoms with Gasteiger partial charge in [-0.2, -0.15) is 0 Å². The molecule has 3 aromatic carbocycles. The lowest BCUT2D eigenvalue weighted by atomic mass is 9.95. The third-order valence-corrected chi connectivity index (χ3v) is 9.42. The minimum atomic E-state index is -4.15. The highest BCUT2D eigenvalue weighted by Crippen LogP contribution is 2.30. The van der Waals surface area contributed by atoms with E-state index in [1.807, 2.05) is 31.2 Å². The monoisotopic (exact) mass is 581 g/mol. The number of sulfonamides is 1. The average molecular weight is 582 g/mol. The lowest BCUT2D eigenvalue weighted by Crippen LogP contribution is -2.53. The molecule has 1 aliphatic rings. The van der Waals surface area contributed by atoms with Crippen LogP contribution in [0.25, 0.3) is 0 Å². The van der Waals surface area contributed by atoms with Gasteiger partial charge in [0.15, 0.2) is 0 Å². The smallest absolute Gasteiger partial charge is 0.264 e. The highest BCUT2D eigenvalue weighted by molar-refractivity contribution is 7.92. The predicted octanol–water partition coefficient (Wildman–Crippen LogP) is 5.71. The number of anilines is 1. The van der Waals surface area contributed by atoms with Gasteiger partial charge in [0.25, 0.3) is 10.0 Å². The van der Waals surface area contributed by atoms with Crippen molar-refractivity contribution in [3.05, 3.63) is 95.0 Å². The molecule has 40 heavy (non-hydrogen) atoms. The Morgan fingerprint density at radius 3 is 2.20 bits per heavy atom. The number of hydrogen-bond acceptors (Lipinski definition) is 4. The van der Waals surface area contributed by atoms with Gasteiger partial charge in [0, 0.05) is 12.6 Å². The van der Waals surface area contributed by atoms with Crippen LogP contribution in [0.2, 0.25) is 5.02 Å². The normalized spacial score (nSPS) is 14.8. The first-order valence-corrected chi connectivity index (χ1v) is 15.5. The van der Waals surface area contributed by atoms with E-state index in [2.05, 4.69) is 5.32 Å². The third kappa shape index (κ3) is 7.23. The van der Waals surface area contributed by atoms with Gasteiger partial charge in [0.2, 0.25) is 11.8 Å². The van der Waals surface area contributed by atoms with E-state index in [0.29, 0.717) is 0 Å². The zero-order valence-corrected chi connectivity index (χ0v) is 24.5. The first kappa shape index (κ1) is 29.6. The van der Waals surface area contributed by atoms with Crippen molar-refractivity contribution in [3.63, 3.8) is 0 Å². The van der Waals surface area contributed by atoms with E-state index in [9.17, 15) is 18.0 Å². The van der Waals surface area contributed by atoms with Crippen molar-refractivity contribution in [3.8, 4) is 0 Å². The SMILES string of the molecule is Cc1ccc(CN(C(=O)CN(c2ccccc2Cl)S(=O)(=O)c2ccccc2)C(C)C(=O)NC2CCCCC2)cc1. The number of carbonyl (C=O) groups is 2. The second-order valence-electron chi connectivity index (χ2n) is 10.3. The topological polar surface area (TPSA) is 86.8 Å². The van der Waals surface area contributed by atoms with Crippen molar-refractivity contribution < 1.29 is 18.0 Å². The summed E-state index contributed by atoms with van der Waals surface area (Å²) in [5.41, 5.74) is 2.10. The quantitative estimate of drug-likeness (QED) is 0.332. The Bertz CT molecular complexity index is 1410. The van der Waals surface area contributed by atoms with Crippen LogP contribution in [0.3, 0.4) is 0 Å². The zero-order valence-electron chi connectivity index (χ0n) is 22.9. The number of benzene rings is 3. The molecule has 0 spiro atoms. The summed E-state index contributed by atoms with van der Waals surface area (Å²) in [6, 6.07) is 21.4. The van der Waals surface area contributed by atoms with Gasteiger partial charge >= 0.3 is 0 Å². The Morgan fingerprint density at radius 2 is 1.55 bits per heavy atom. The summed E-state index contributed by atoms with van der Waals surface area (Å²) in [6.07, 6.45) is 5.12. The molecule has 0 aliphatic heterocycles. The molecule has 3 aromatic rings. The van der Waals surface area contributed by atoms with E-state index in [-0.39, 0.29) is 34.1 Å². The Kier molecular flexibility index (Phi) is 9.87. The molecular formula is C31H36ClN3O4S. The van der Waals surface area contributed by atoms with Crippen LogP contribution in [0.15, 0.2) is 83.8 Å². The lowest BCUT2D eigenvalue weighted by molar-refractivity contribution is -0.139. The first-order chi connectivity index (χ1) is 19.2. The molecule has 2 amide bonds. The molecule has 1 fully saturated rings. The van der Waals surface area contributed by atoms with Crippen LogP contribution in [0.5, 0.6) is 0 Å². The number of carbonyl (C=O) groups excluding carboxylic acids is 2. The average Bonchev–Trinajstić information content (AvgIpc) is 2.96. The van der Waals surface area contributed by atoms with Crippen LogP contribution in [-0.2, 0) is 26.2 Å². The summed E-state index contributed by atoms with van der Waals surface area (Å²) in [4.78, 5) is 28.9. The van der Waals surface area contributed by atoms with Gasteiger partial charge in [-0.25, -0.2) is 8.42 Å². The van der Waals surface area contributed by atoms with E-state index >= 15 is 0 Å². The minimum Gasteiger partial charge on any atom is -0.352 e. The van der Waals surface area contributed by atoms with Crippen molar-refractivity contribution in [1.82, 2.24) is 10.2 Å². The second kappa shape index (κ2) is 13.3. The number of hydrogen-bond donors (Lipinski definition) is 1. The fourth-order valence-corrected chi connectivity index (χ4v) is 6.67. The van der Waals surface area contributed by atoms with E-state index in [1.54, 1.807) is 49.4 Å². The molecule has 1 saturated carbocycles. The van der Waals surface area contributed by atoms with Gasteiger partial charge < -0.3 is 10.2 Å². The fraction of sp³-hybridized carbons (Fsp3) is 0.355. The number of para-hydroxylation sites is 1. The molecule has 1 aliphatic carbocycles. The molecule has 9 heteroatoms. The lowest BCUT2D eigenvalue weighted by Gasteiger charge is -2.33. The van der Waals surface area contributed by atoms with Crippen LogP contribution in [0.4, 0.5) is 5.69 Å². The van der Waals surface area contributed by atoms with Gasteiger partial charge in [-0.15, -0.1) is 0 Å². The summed E-state index contributed by atoms with van der Waals surface area (Å²) >= 11 is 6.45. The van der Waals surface area contributed by atoms with E-state index in [0.717, 1.165) is 47.5 Å². The van der Waals surface area contributed by atoms with E-state index in [1.165, 1.54) is 17.0 Å². The summed E-state index contributed by atoms with van der Waals surface area (Å²) < 4.78 is 28.7. The predicted molar refractivity (Wildman–Crippen MR) is 159 cm³/mol. The molecule has 7 nitrogen and oxygen atoms in total. The summed E-state index contributed by atoms with van der Waals surface area (Å²) in [5.74, 6) is -0.756. The highest BCUT2D eigenvalue weighted by atomic mass is 35.5. The first-order valence-electron chi connectivity index (χ1n) is 13.6. The largest absolute Gasteiger partial charge is 0.352 e. The van der Waals surface area contributed by atoms with Gasteiger partial charge in [-0.3, -0.25) is 13.9 Å². The van der Waals surface area contributed by atoms with Crippen LogP contribution >= 0.6 is 11.6 Å². The molecule has 1 N–H and O–H groups in total. The molecule has 0 saturated heterocycles. The van der Waals surface area contributed by atoms with Crippen molar-refractivity contribution >= 4 is 39.1 Å². The molecule has 0 aromatic heterocycles. The Hall–Kier alpha value is -3.36. The minimum absolute atomic E-state index is 0.0379.